The van der Waals surface area contributed by atoms with Gasteiger partial charge in [0.15, 0.2) is 0 Å². The third-order valence-corrected chi connectivity index (χ3v) is 0.928. The molecule has 10 heavy (non-hydrogen) atoms. The summed E-state index contributed by atoms with van der Waals surface area (Å²) >= 11 is 0. The molecule has 0 heterocycles. The smallest absolute Gasteiger partial charge is 0.423 e. The van der Waals surface area contributed by atoms with Gasteiger partial charge in [-0.3, -0.25) is 0 Å². The molecule has 0 spiro atoms. The summed E-state index contributed by atoms with van der Waals surface area (Å²) in [6.45, 7) is 0. The summed E-state index contributed by atoms with van der Waals surface area (Å²) in [5.74, 6) is 0. The fourth-order valence-electron chi connectivity index (χ4n) is 0.515. The van der Waals surface area contributed by atoms with Crippen molar-refractivity contribution >= 4 is 7.12 Å². The number of hydrogen-bond acceptors (Lipinski definition) is 2. The van der Waals surface area contributed by atoms with Crippen LogP contribution in [0.15, 0.2) is 23.7 Å². The third-order valence-electron chi connectivity index (χ3n) is 0.928. The predicted octanol–water partition coefficient (Wildman–Crippen LogP) is -0.345. The molecule has 0 atom stereocenters. The van der Waals surface area contributed by atoms with Gasteiger partial charge in [-0.1, -0.05) is 12.2 Å². The molecular formula is C6H5BO2W. The molecule has 0 unspecified atom stereocenters. The van der Waals surface area contributed by atoms with Crippen LogP contribution in [-0.2, 0) is 21.1 Å². The maximum absolute atomic E-state index is 8.52. The van der Waals surface area contributed by atoms with Gasteiger partial charge in [0.05, 0.1) is 0 Å². The zero-order chi connectivity index (χ0) is 6.69. The first kappa shape index (κ1) is 9.80. The van der Waals surface area contributed by atoms with Crippen molar-refractivity contribution in [1.29, 1.82) is 0 Å². The minimum Gasteiger partial charge on any atom is -0.423 e. The van der Waals surface area contributed by atoms with Crippen LogP contribution >= 0.6 is 0 Å². The molecular weight excluding hydrogens is 299 g/mol. The zero-order valence-corrected chi connectivity index (χ0v) is 8.05. The Kier molecular flexibility index (Phi) is 4.50. The Morgan fingerprint density at radius 2 is 2.20 bits per heavy atom. The molecule has 0 saturated carbocycles. The topological polar surface area (TPSA) is 40.5 Å². The van der Waals surface area contributed by atoms with Crippen LogP contribution in [0.4, 0.5) is 0 Å². The van der Waals surface area contributed by atoms with Gasteiger partial charge in [-0.05, 0) is 12.2 Å². The minimum atomic E-state index is -1.45. The molecule has 0 amide bonds. The first-order valence-corrected chi connectivity index (χ1v) is 2.55. The van der Waals surface area contributed by atoms with E-state index in [9.17, 15) is 0 Å². The fourth-order valence-corrected chi connectivity index (χ4v) is 0.515. The summed E-state index contributed by atoms with van der Waals surface area (Å²) in [7, 11) is -1.45. The van der Waals surface area contributed by atoms with Crippen LogP contribution < -0.4 is 0 Å². The van der Waals surface area contributed by atoms with Gasteiger partial charge in [0, 0.05) is 26.5 Å². The maximum atomic E-state index is 8.52. The van der Waals surface area contributed by atoms with E-state index in [0.29, 0.717) is 0 Å². The molecule has 2 N–H and O–H groups in total. The van der Waals surface area contributed by atoms with Gasteiger partial charge in [0.2, 0.25) is 0 Å². The second-order valence-corrected chi connectivity index (χ2v) is 1.60. The molecule has 2 nitrogen and oxygen atoms in total. The Morgan fingerprint density at radius 1 is 1.50 bits per heavy atom. The maximum Gasteiger partial charge on any atom is 0.497 e. The summed E-state index contributed by atoms with van der Waals surface area (Å²) in [6, 6.07) is 0. The fraction of sp³-hybridized carbons (Fsp3) is 0. The first-order valence-electron chi connectivity index (χ1n) is 2.55. The average Bonchev–Trinajstić information content (AvgIpc) is 1.90. The summed E-state index contributed by atoms with van der Waals surface area (Å²) in [4.78, 5) is 0. The predicted molar refractivity (Wildman–Crippen MR) is 33.9 cm³/mol. The van der Waals surface area contributed by atoms with Crippen molar-refractivity contribution in [2.45, 2.75) is 0 Å². The standard InChI is InChI=1S/C6H5BO2.W/c8-7(9)6-4-2-1-3-5-6;/h1-3,8-9H;. The van der Waals surface area contributed by atoms with Crippen LogP contribution in [0, 0.1) is 12.2 Å². The molecule has 0 aromatic heterocycles. The van der Waals surface area contributed by atoms with Crippen LogP contribution in [-0.4, -0.2) is 17.2 Å². The van der Waals surface area contributed by atoms with Gasteiger partial charge in [0.1, 0.15) is 0 Å². The van der Waals surface area contributed by atoms with E-state index >= 15 is 0 Å². The second kappa shape index (κ2) is 4.59. The van der Waals surface area contributed by atoms with Gasteiger partial charge in [-0.25, -0.2) is 0 Å². The molecule has 0 saturated heterocycles. The van der Waals surface area contributed by atoms with E-state index in [-0.39, 0.29) is 26.5 Å². The summed E-state index contributed by atoms with van der Waals surface area (Å²) in [6.07, 6.45) is 10.1. The van der Waals surface area contributed by atoms with Crippen molar-refractivity contribution in [3.05, 3.63) is 35.9 Å². The van der Waals surface area contributed by atoms with E-state index in [1.54, 1.807) is 18.2 Å². The Morgan fingerprint density at radius 3 is 2.50 bits per heavy atom. The zero-order valence-electron chi connectivity index (χ0n) is 5.11. The van der Waals surface area contributed by atoms with Gasteiger partial charge in [-0.2, -0.15) is 0 Å². The molecule has 0 radical (unpaired) electrons. The number of rotatable bonds is 1. The van der Waals surface area contributed by atoms with Crippen LogP contribution in [0.5, 0.6) is 0 Å². The van der Waals surface area contributed by atoms with E-state index in [2.05, 4.69) is 12.2 Å². The van der Waals surface area contributed by atoms with E-state index in [0.717, 1.165) is 0 Å². The van der Waals surface area contributed by atoms with Crippen LogP contribution in [0.25, 0.3) is 0 Å². The average molecular weight is 304 g/mol. The van der Waals surface area contributed by atoms with E-state index in [1.807, 2.05) is 0 Å². The van der Waals surface area contributed by atoms with Crippen molar-refractivity contribution in [1.82, 2.24) is 0 Å². The third kappa shape index (κ3) is 2.59. The molecule has 50 valence electrons. The molecule has 1 rings (SSSR count). The van der Waals surface area contributed by atoms with Gasteiger partial charge < -0.3 is 10.0 Å². The molecule has 0 fully saturated rings. The molecule has 0 aliphatic heterocycles. The van der Waals surface area contributed by atoms with Crippen LogP contribution in [0.1, 0.15) is 0 Å². The summed E-state index contributed by atoms with van der Waals surface area (Å²) in [5.41, 5.74) is 0.275. The quantitative estimate of drug-likeness (QED) is 0.514. The van der Waals surface area contributed by atoms with Crippen molar-refractivity contribution < 1.29 is 31.1 Å². The van der Waals surface area contributed by atoms with E-state index in [1.165, 1.54) is 0 Å². The van der Waals surface area contributed by atoms with Crippen molar-refractivity contribution in [3.8, 4) is 0 Å². The monoisotopic (exact) mass is 304 g/mol. The van der Waals surface area contributed by atoms with Crippen LogP contribution in [0.2, 0.25) is 0 Å². The molecule has 1 aliphatic rings. The van der Waals surface area contributed by atoms with Crippen molar-refractivity contribution in [2.75, 3.05) is 0 Å². The van der Waals surface area contributed by atoms with Crippen LogP contribution in [0.3, 0.4) is 0 Å². The molecule has 1 aliphatic carbocycles. The summed E-state index contributed by atoms with van der Waals surface area (Å²) < 4.78 is 0. The normalized spacial score (nSPS) is 13.2. The summed E-state index contributed by atoms with van der Waals surface area (Å²) in [5, 5.41) is 17.0. The van der Waals surface area contributed by atoms with Gasteiger partial charge in [0.25, 0.3) is 0 Å². The number of allylic oxidation sites excluding steroid dienone is 6. The Balaban J connectivity index is 0.000000810. The van der Waals surface area contributed by atoms with Gasteiger partial charge in [-0.15, -0.1) is 6.08 Å². The molecule has 0 aromatic carbocycles. The van der Waals surface area contributed by atoms with Crippen molar-refractivity contribution in [3.63, 3.8) is 0 Å². The SMILES string of the molecule is OB(O)C1=[C-]C=CC=[C+]1.[W]. The van der Waals surface area contributed by atoms with E-state index < -0.39 is 7.12 Å². The number of hydrogen-bond donors (Lipinski definition) is 2. The Bertz CT molecular complexity index is 184. The second-order valence-electron chi connectivity index (χ2n) is 1.60. The Labute approximate surface area is 74.4 Å². The van der Waals surface area contributed by atoms with Gasteiger partial charge >= 0.3 is 7.12 Å². The first-order chi connectivity index (χ1) is 4.30. The Hall–Kier alpha value is -0.197. The minimum absolute atomic E-state index is 0. The largest absolute Gasteiger partial charge is 0.497 e. The van der Waals surface area contributed by atoms with Crippen molar-refractivity contribution in [2.24, 2.45) is 0 Å². The molecule has 0 aromatic rings. The van der Waals surface area contributed by atoms with E-state index in [4.69, 9.17) is 10.0 Å². The molecule has 0 bridgehead atoms. The molecule has 4 heteroatoms.